The lowest BCUT2D eigenvalue weighted by molar-refractivity contribution is -0.121. The molecule has 2 aliphatic rings. The predicted octanol–water partition coefficient (Wildman–Crippen LogP) is 4.33. The Morgan fingerprint density at radius 2 is 2.08 bits per heavy atom. The molecule has 2 unspecified atom stereocenters. The molecule has 5 heteroatoms. The van der Waals surface area contributed by atoms with E-state index in [4.69, 9.17) is 0 Å². The minimum absolute atomic E-state index is 0.134. The highest BCUT2D eigenvalue weighted by atomic mass is 33.1. The molecule has 1 saturated carbocycles. The normalized spacial score (nSPS) is 23.0. The van der Waals surface area contributed by atoms with Crippen LogP contribution in [0, 0.1) is 5.41 Å². The van der Waals surface area contributed by atoms with Gasteiger partial charge in [0.05, 0.1) is 6.10 Å². The van der Waals surface area contributed by atoms with Gasteiger partial charge in [0.15, 0.2) is 0 Å². The van der Waals surface area contributed by atoms with E-state index >= 15 is 0 Å². The van der Waals surface area contributed by atoms with E-state index < -0.39 is 6.10 Å². The number of unbranched alkanes of at least 4 members (excludes halogenated alkanes) is 1. The number of amides is 1. The highest BCUT2D eigenvalue weighted by Gasteiger charge is 2.49. The van der Waals surface area contributed by atoms with Gasteiger partial charge in [0.25, 0.3) is 0 Å². The lowest BCUT2D eigenvalue weighted by Crippen LogP contribution is -2.33. The highest BCUT2D eigenvalue weighted by molar-refractivity contribution is 8.77. The number of benzene rings is 1. The average molecular weight is 366 g/mol. The van der Waals surface area contributed by atoms with Crippen LogP contribution in [0.2, 0.25) is 0 Å². The number of aliphatic hydroxyl groups is 1. The third kappa shape index (κ3) is 4.93. The molecule has 1 aromatic carbocycles. The van der Waals surface area contributed by atoms with Gasteiger partial charge in [-0.05, 0) is 37.7 Å². The molecule has 1 aromatic rings. The Hall–Kier alpha value is -0.650. The molecular weight excluding hydrogens is 338 g/mol. The van der Waals surface area contributed by atoms with Crippen LogP contribution >= 0.6 is 21.6 Å². The molecule has 2 fully saturated rings. The van der Waals surface area contributed by atoms with Crippen molar-refractivity contribution >= 4 is 27.5 Å². The third-order valence-electron chi connectivity index (χ3n) is 5.13. The average Bonchev–Trinajstić information content (AvgIpc) is 3.23. The maximum atomic E-state index is 12.1. The Balaban J connectivity index is 1.35. The van der Waals surface area contributed by atoms with Gasteiger partial charge in [0.1, 0.15) is 0 Å². The zero-order valence-corrected chi connectivity index (χ0v) is 15.7. The first-order chi connectivity index (χ1) is 11.7. The number of nitrogens with one attached hydrogen (secondary N) is 1. The van der Waals surface area contributed by atoms with Gasteiger partial charge in [-0.3, -0.25) is 4.79 Å². The van der Waals surface area contributed by atoms with Crippen LogP contribution in [-0.4, -0.2) is 28.6 Å². The number of rotatable bonds is 9. The van der Waals surface area contributed by atoms with Crippen molar-refractivity contribution < 1.29 is 9.90 Å². The summed E-state index contributed by atoms with van der Waals surface area (Å²) < 4.78 is 0. The van der Waals surface area contributed by atoms with E-state index in [2.05, 4.69) is 5.32 Å². The van der Waals surface area contributed by atoms with Crippen LogP contribution in [0.1, 0.15) is 56.6 Å². The van der Waals surface area contributed by atoms with Gasteiger partial charge in [-0.15, -0.1) is 0 Å². The third-order valence-corrected chi connectivity index (χ3v) is 8.14. The number of hydrogen-bond donors (Lipinski definition) is 2. The van der Waals surface area contributed by atoms with Crippen LogP contribution in [0.5, 0.6) is 0 Å². The highest BCUT2D eigenvalue weighted by Crippen LogP contribution is 2.54. The van der Waals surface area contributed by atoms with Crippen LogP contribution in [0.3, 0.4) is 0 Å². The second-order valence-electron chi connectivity index (χ2n) is 7.03. The Bertz CT molecular complexity index is 527. The van der Waals surface area contributed by atoms with E-state index in [1.807, 2.05) is 51.9 Å². The smallest absolute Gasteiger partial charge is 0.220 e. The van der Waals surface area contributed by atoms with Gasteiger partial charge >= 0.3 is 0 Å². The SMILES string of the molecule is O=C(CCCCC1CCSS1)NCC1(C(O)c2ccccc2)CC1. The molecule has 2 atom stereocenters. The van der Waals surface area contributed by atoms with E-state index in [1.54, 1.807) is 0 Å². The van der Waals surface area contributed by atoms with Crippen molar-refractivity contribution in [2.24, 2.45) is 5.41 Å². The van der Waals surface area contributed by atoms with Gasteiger partial charge in [-0.1, -0.05) is 58.3 Å². The fourth-order valence-electron chi connectivity index (χ4n) is 3.28. The second kappa shape index (κ2) is 8.63. The summed E-state index contributed by atoms with van der Waals surface area (Å²) in [5, 5.41) is 14.5. The lowest BCUT2D eigenvalue weighted by Gasteiger charge is -2.23. The Labute approximate surface area is 152 Å². The fraction of sp³-hybridized carbons (Fsp3) is 0.632. The molecule has 0 bridgehead atoms. The summed E-state index contributed by atoms with van der Waals surface area (Å²) in [6.45, 7) is 0.594. The van der Waals surface area contributed by atoms with Crippen molar-refractivity contribution in [3.63, 3.8) is 0 Å². The van der Waals surface area contributed by atoms with Crippen LogP contribution in [-0.2, 0) is 4.79 Å². The van der Waals surface area contributed by atoms with E-state index in [9.17, 15) is 9.90 Å². The first-order valence-electron chi connectivity index (χ1n) is 8.98. The summed E-state index contributed by atoms with van der Waals surface area (Å²) in [7, 11) is 3.99. The molecular formula is C19H27NO2S2. The van der Waals surface area contributed by atoms with Crippen molar-refractivity contribution in [2.45, 2.75) is 56.3 Å². The second-order valence-corrected chi connectivity index (χ2v) is 9.81. The molecule has 3 nitrogen and oxygen atoms in total. The largest absolute Gasteiger partial charge is 0.388 e. The Morgan fingerprint density at radius 1 is 1.29 bits per heavy atom. The minimum Gasteiger partial charge on any atom is -0.388 e. The zero-order chi connectivity index (χ0) is 16.8. The van der Waals surface area contributed by atoms with Crippen LogP contribution < -0.4 is 5.32 Å². The van der Waals surface area contributed by atoms with E-state index in [0.29, 0.717) is 13.0 Å². The summed E-state index contributed by atoms with van der Waals surface area (Å²) in [6.07, 6.45) is 6.78. The van der Waals surface area contributed by atoms with E-state index in [-0.39, 0.29) is 11.3 Å². The molecule has 0 radical (unpaired) electrons. The van der Waals surface area contributed by atoms with Gasteiger partial charge < -0.3 is 10.4 Å². The summed E-state index contributed by atoms with van der Waals surface area (Å²) in [4.78, 5) is 12.1. The monoisotopic (exact) mass is 365 g/mol. The van der Waals surface area contributed by atoms with Gasteiger partial charge in [0, 0.05) is 29.4 Å². The number of aliphatic hydroxyl groups excluding tert-OH is 1. The topological polar surface area (TPSA) is 49.3 Å². The fourth-order valence-corrected chi connectivity index (χ4v) is 6.31. The summed E-state index contributed by atoms with van der Waals surface area (Å²) in [6, 6.07) is 9.79. The molecule has 24 heavy (non-hydrogen) atoms. The zero-order valence-electron chi connectivity index (χ0n) is 14.1. The van der Waals surface area contributed by atoms with Crippen molar-refractivity contribution in [3.05, 3.63) is 35.9 Å². The molecule has 1 aliphatic carbocycles. The molecule has 2 N–H and O–H groups in total. The molecule has 0 aromatic heterocycles. The molecule has 3 rings (SSSR count). The summed E-state index contributed by atoms with van der Waals surface area (Å²) in [5.41, 5.74) is 0.811. The van der Waals surface area contributed by atoms with Crippen molar-refractivity contribution in [2.75, 3.05) is 12.3 Å². The minimum atomic E-state index is -0.476. The van der Waals surface area contributed by atoms with Crippen LogP contribution in [0.4, 0.5) is 0 Å². The summed E-state index contributed by atoms with van der Waals surface area (Å²) >= 11 is 0. The standard InChI is InChI=1S/C19H27NO2S2/c21-17(9-5-4-8-16-10-13-23-24-16)20-14-19(11-12-19)18(22)15-6-2-1-3-7-15/h1-3,6-7,16,18,22H,4-5,8-14H2,(H,20,21). The van der Waals surface area contributed by atoms with Crippen molar-refractivity contribution in [3.8, 4) is 0 Å². The van der Waals surface area contributed by atoms with Crippen molar-refractivity contribution in [1.29, 1.82) is 0 Å². The van der Waals surface area contributed by atoms with Crippen molar-refractivity contribution in [1.82, 2.24) is 5.32 Å². The van der Waals surface area contributed by atoms with Crippen LogP contribution in [0.25, 0.3) is 0 Å². The molecule has 1 saturated heterocycles. The number of hydrogen-bond acceptors (Lipinski definition) is 4. The Kier molecular flexibility index (Phi) is 6.53. The maximum absolute atomic E-state index is 12.1. The molecule has 1 heterocycles. The van der Waals surface area contributed by atoms with Gasteiger partial charge in [0.2, 0.25) is 5.91 Å². The maximum Gasteiger partial charge on any atom is 0.220 e. The van der Waals surface area contributed by atoms with Gasteiger partial charge in [-0.25, -0.2) is 0 Å². The van der Waals surface area contributed by atoms with Crippen LogP contribution in [0.15, 0.2) is 30.3 Å². The summed E-state index contributed by atoms with van der Waals surface area (Å²) in [5.74, 6) is 1.41. The first-order valence-corrected chi connectivity index (χ1v) is 11.4. The van der Waals surface area contributed by atoms with E-state index in [1.165, 1.54) is 18.6 Å². The molecule has 0 spiro atoms. The Morgan fingerprint density at radius 3 is 2.75 bits per heavy atom. The van der Waals surface area contributed by atoms with E-state index in [0.717, 1.165) is 36.5 Å². The molecule has 1 amide bonds. The number of carbonyl (C=O) groups excluding carboxylic acids is 1. The quantitative estimate of drug-likeness (QED) is 0.505. The molecule has 1 aliphatic heterocycles. The lowest BCUT2D eigenvalue weighted by atomic mass is 9.92. The molecule has 132 valence electrons. The number of carbonyl (C=O) groups is 1. The first kappa shape index (κ1) is 18.2. The van der Waals surface area contributed by atoms with Gasteiger partial charge in [-0.2, -0.15) is 0 Å². The predicted molar refractivity (Wildman–Crippen MR) is 103 cm³/mol.